The van der Waals surface area contributed by atoms with Gasteiger partial charge in [-0.2, -0.15) is 4.57 Å². The predicted molar refractivity (Wildman–Crippen MR) is 81.8 cm³/mol. The van der Waals surface area contributed by atoms with Crippen molar-refractivity contribution in [2.24, 2.45) is 5.92 Å². The molecule has 0 aliphatic carbocycles. The highest BCUT2D eigenvalue weighted by Gasteiger charge is 2.25. The molecule has 0 radical (unpaired) electrons. The molecule has 6 heteroatoms. The predicted octanol–water partition coefficient (Wildman–Crippen LogP) is 2.34. The summed E-state index contributed by atoms with van der Waals surface area (Å²) in [6.07, 6.45) is 2.34. The van der Waals surface area contributed by atoms with Crippen molar-refractivity contribution < 1.29 is 9.67 Å². The van der Waals surface area contributed by atoms with Crippen LogP contribution in [-0.4, -0.2) is 14.7 Å². The molecule has 0 spiro atoms. The number of nitrogens with zero attached hydrogens (tertiary/aromatic N) is 3. The van der Waals surface area contributed by atoms with Crippen LogP contribution in [0, 0.1) is 5.92 Å². The monoisotopic (exact) mass is 310 g/mol. The van der Waals surface area contributed by atoms with Crippen LogP contribution in [-0.2, 0) is 13.0 Å². The summed E-state index contributed by atoms with van der Waals surface area (Å²) >= 11 is 5.90. The zero-order valence-corrected chi connectivity index (χ0v) is 13.4. The fraction of sp³-hybridized carbons (Fsp3) is 0.533. The van der Waals surface area contributed by atoms with Gasteiger partial charge >= 0.3 is 11.2 Å². The van der Waals surface area contributed by atoms with Crippen molar-refractivity contribution >= 4 is 17.2 Å². The molecule has 0 fully saturated rings. The fourth-order valence-electron chi connectivity index (χ4n) is 2.36. The van der Waals surface area contributed by atoms with Gasteiger partial charge in [-0.1, -0.05) is 48.4 Å². The Bertz CT molecular complexity index is 710. The fourth-order valence-corrected chi connectivity index (χ4v) is 2.50. The summed E-state index contributed by atoms with van der Waals surface area (Å²) in [5.74, 6) is 0.378. The van der Waals surface area contributed by atoms with Gasteiger partial charge in [-0.15, -0.1) is 0 Å². The maximum absolute atomic E-state index is 12.5. The first-order valence-electron chi connectivity index (χ1n) is 7.29. The number of aromatic hydroxyl groups is 1. The molecule has 114 valence electrons. The second kappa shape index (κ2) is 6.43. The van der Waals surface area contributed by atoms with E-state index in [4.69, 9.17) is 11.6 Å². The van der Waals surface area contributed by atoms with Crippen LogP contribution in [0.25, 0.3) is 5.65 Å². The summed E-state index contributed by atoms with van der Waals surface area (Å²) in [7, 11) is 0. The summed E-state index contributed by atoms with van der Waals surface area (Å²) in [5, 5.41) is 14.8. The van der Waals surface area contributed by atoms with Crippen molar-refractivity contribution in [3.63, 3.8) is 0 Å². The van der Waals surface area contributed by atoms with Crippen LogP contribution < -0.4 is 10.1 Å². The summed E-state index contributed by atoms with van der Waals surface area (Å²) < 4.78 is 3.02. The lowest BCUT2D eigenvalue weighted by Gasteiger charge is -2.10. The number of aromatic nitrogens is 3. The number of fused-ring (bicyclic) bond motifs is 1. The normalized spacial score (nSPS) is 11.5. The third-order valence-corrected chi connectivity index (χ3v) is 3.56. The molecule has 5 nitrogen and oxygen atoms in total. The maximum Gasteiger partial charge on any atom is 0.370 e. The molecule has 2 aromatic heterocycles. The van der Waals surface area contributed by atoms with Crippen LogP contribution in [0.5, 0.6) is 5.88 Å². The Morgan fingerprint density at radius 3 is 2.76 bits per heavy atom. The number of hydrogen-bond donors (Lipinski definition) is 1. The maximum atomic E-state index is 12.5. The van der Waals surface area contributed by atoms with Crippen molar-refractivity contribution in [1.29, 1.82) is 0 Å². The second-order valence-electron chi connectivity index (χ2n) is 5.64. The Labute approximate surface area is 128 Å². The Kier molecular flexibility index (Phi) is 4.83. The molecule has 0 unspecified atom stereocenters. The van der Waals surface area contributed by atoms with Crippen molar-refractivity contribution in [3.05, 3.63) is 33.2 Å². The van der Waals surface area contributed by atoms with Gasteiger partial charge in [0.25, 0.3) is 5.88 Å². The zero-order chi connectivity index (χ0) is 15.6. The SMILES string of the molecule is CCCCc1c(O)[n+](CC(C)C)c2ccc(Cl)nn2c1=O. The van der Waals surface area contributed by atoms with E-state index in [0.29, 0.717) is 30.1 Å². The molecular weight excluding hydrogens is 290 g/mol. The van der Waals surface area contributed by atoms with Crippen LogP contribution >= 0.6 is 11.6 Å². The summed E-state index contributed by atoms with van der Waals surface area (Å²) in [6.45, 7) is 6.78. The van der Waals surface area contributed by atoms with E-state index in [-0.39, 0.29) is 16.6 Å². The highest BCUT2D eigenvalue weighted by atomic mass is 35.5. The third kappa shape index (κ3) is 3.18. The topological polar surface area (TPSA) is 58.5 Å². The number of rotatable bonds is 5. The lowest BCUT2D eigenvalue weighted by atomic mass is 10.1. The molecular formula is C15H21ClN3O2+. The highest BCUT2D eigenvalue weighted by Crippen LogP contribution is 2.14. The highest BCUT2D eigenvalue weighted by molar-refractivity contribution is 6.29. The molecule has 0 bridgehead atoms. The van der Waals surface area contributed by atoms with Gasteiger partial charge in [-0.25, -0.2) is 4.79 Å². The van der Waals surface area contributed by atoms with Gasteiger partial charge < -0.3 is 5.11 Å². The Morgan fingerprint density at radius 2 is 2.14 bits per heavy atom. The summed E-state index contributed by atoms with van der Waals surface area (Å²) in [6, 6.07) is 3.33. The van der Waals surface area contributed by atoms with Crippen LogP contribution in [0.2, 0.25) is 5.15 Å². The first kappa shape index (κ1) is 15.8. The number of hydrogen-bond acceptors (Lipinski definition) is 3. The van der Waals surface area contributed by atoms with E-state index >= 15 is 0 Å². The van der Waals surface area contributed by atoms with Gasteiger partial charge in [0.1, 0.15) is 5.56 Å². The number of halogens is 1. The second-order valence-corrected chi connectivity index (χ2v) is 6.03. The lowest BCUT2D eigenvalue weighted by molar-refractivity contribution is -0.687. The molecule has 1 N–H and O–H groups in total. The van der Waals surface area contributed by atoms with Crippen molar-refractivity contribution in [2.45, 2.75) is 46.6 Å². The van der Waals surface area contributed by atoms with E-state index in [2.05, 4.69) is 18.9 Å². The molecule has 0 atom stereocenters. The van der Waals surface area contributed by atoms with Crippen molar-refractivity contribution in [2.75, 3.05) is 0 Å². The molecule has 0 saturated heterocycles. The van der Waals surface area contributed by atoms with Crippen molar-refractivity contribution in [3.8, 4) is 5.88 Å². The zero-order valence-electron chi connectivity index (χ0n) is 12.6. The molecule has 2 heterocycles. The summed E-state index contributed by atoms with van der Waals surface area (Å²) in [4.78, 5) is 12.5. The molecule has 0 aromatic carbocycles. The quantitative estimate of drug-likeness (QED) is 0.862. The minimum absolute atomic E-state index is 0.0475. The van der Waals surface area contributed by atoms with Gasteiger partial charge in [0.05, 0.1) is 6.54 Å². The minimum Gasteiger partial charge on any atom is -0.477 e. The van der Waals surface area contributed by atoms with E-state index in [0.717, 1.165) is 12.8 Å². The van der Waals surface area contributed by atoms with Crippen LogP contribution in [0.15, 0.2) is 16.9 Å². The molecule has 0 saturated carbocycles. The smallest absolute Gasteiger partial charge is 0.370 e. The van der Waals surface area contributed by atoms with Gasteiger partial charge in [-0.05, 0) is 24.8 Å². The van der Waals surface area contributed by atoms with E-state index in [9.17, 15) is 9.90 Å². The molecule has 21 heavy (non-hydrogen) atoms. The molecule has 2 aromatic rings. The average Bonchev–Trinajstić information content (AvgIpc) is 2.43. The third-order valence-electron chi connectivity index (χ3n) is 3.36. The Morgan fingerprint density at radius 1 is 1.43 bits per heavy atom. The van der Waals surface area contributed by atoms with E-state index < -0.39 is 0 Å². The van der Waals surface area contributed by atoms with Crippen molar-refractivity contribution in [1.82, 2.24) is 9.61 Å². The number of unbranched alkanes of at least 4 members (excludes halogenated alkanes) is 1. The van der Waals surface area contributed by atoms with E-state index in [1.165, 1.54) is 4.52 Å². The largest absolute Gasteiger partial charge is 0.477 e. The molecule has 0 aliphatic rings. The van der Waals surface area contributed by atoms with Gasteiger partial charge in [0, 0.05) is 6.07 Å². The summed E-state index contributed by atoms with van der Waals surface area (Å²) in [5.41, 5.74) is 0.666. The first-order valence-corrected chi connectivity index (χ1v) is 7.66. The van der Waals surface area contributed by atoms with Gasteiger partial charge in [0.2, 0.25) is 0 Å². The van der Waals surface area contributed by atoms with Gasteiger partial charge in [0.15, 0.2) is 5.15 Å². The van der Waals surface area contributed by atoms with E-state index in [1.54, 1.807) is 16.7 Å². The van der Waals surface area contributed by atoms with E-state index in [1.807, 2.05) is 6.92 Å². The Balaban J connectivity index is 2.75. The van der Waals surface area contributed by atoms with Crippen LogP contribution in [0.1, 0.15) is 39.2 Å². The Hall–Kier alpha value is -1.62. The first-order chi connectivity index (χ1) is 9.95. The average molecular weight is 311 g/mol. The molecule has 0 amide bonds. The standard InChI is InChI=1S/C15H20ClN3O2/c1-4-5-6-11-14(20)18(9-10(2)3)13-8-7-12(16)17-19(13)15(11)21/h7-8,10H,4-6,9H2,1-3H3/p+1. The molecule has 2 rings (SSSR count). The van der Waals surface area contributed by atoms with Crippen LogP contribution in [0.4, 0.5) is 0 Å². The molecule has 0 aliphatic heterocycles. The minimum atomic E-state index is -0.293. The van der Waals surface area contributed by atoms with Gasteiger partial charge in [-0.3, -0.25) is 0 Å². The van der Waals surface area contributed by atoms with Crippen LogP contribution in [0.3, 0.4) is 0 Å². The lowest BCUT2D eigenvalue weighted by Crippen LogP contribution is -2.44.